The molecule has 3 fully saturated rings. The minimum Gasteiger partial charge on any atom is -0.379 e. The highest BCUT2D eigenvalue weighted by molar-refractivity contribution is 5.86. The van der Waals surface area contributed by atoms with Crippen LogP contribution in [0.2, 0.25) is 0 Å². The third-order valence-corrected chi connectivity index (χ3v) is 7.12. The molecule has 10 heteroatoms. The number of nitrogens with zero attached hydrogens (tertiary/aromatic N) is 2. The summed E-state index contributed by atoms with van der Waals surface area (Å²) in [4.78, 5) is 28.9. The second kappa shape index (κ2) is 10.4. The summed E-state index contributed by atoms with van der Waals surface area (Å²) in [5.41, 5.74) is 6.41. The summed E-state index contributed by atoms with van der Waals surface area (Å²) < 4.78 is 46.0. The lowest BCUT2D eigenvalue weighted by molar-refractivity contribution is -0.137. The maximum Gasteiger partial charge on any atom is 0.242 e. The molecule has 182 valence electrons. The fraction of sp³-hybridized carbons (Fsp3) is 0.652. The average Bonchev–Trinajstić information content (AvgIpc) is 3.05. The van der Waals surface area contributed by atoms with E-state index in [1.807, 2.05) is 9.80 Å². The number of benzene rings is 1. The second-order valence-corrected chi connectivity index (χ2v) is 9.31. The standard InChI is InChI=1S/C23H31F3N4O3/c24-18-11-20(26)19(25)9-14(18)10-21(27)15-7-16-1-2-17(8-15)30(16)23(32)12-28-22(31)13-29-3-5-33-6-4-29/h9,11,15-17,21H,1-8,10,12-13,27H2,(H,28,31)/t15-,16+,17-,21-/m1/s1. The van der Waals surface area contributed by atoms with Crippen molar-refractivity contribution in [1.82, 2.24) is 15.1 Å². The van der Waals surface area contributed by atoms with Gasteiger partial charge < -0.3 is 20.7 Å². The van der Waals surface area contributed by atoms with E-state index >= 15 is 0 Å². The number of hydrogen-bond acceptors (Lipinski definition) is 5. The van der Waals surface area contributed by atoms with E-state index in [2.05, 4.69) is 5.32 Å². The van der Waals surface area contributed by atoms with Gasteiger partial charge in [0.1, 0.15) is 5.82 Å². The molecule has 2 bridgehead atoms. The number of fused-ring (bicyclic) bond motifs is 2. The number of rotatable bonds is 7. The van der Waals surface area contributed by atoms with Gasteiger partial charge in [0.25, 0.3) is 0 Å². The van der Waals surface area contributed by atoms with Crippen molar-refractivity contribution in [2.75, 3.05) is 39.4 Å². The van der Waals surface area contributed by atoms with Gasteiger partial charge in [-0.25, -0.2) is 13.2 Å². The van der Waals surface area contributed by atoms with Gasteiger partial charge >= 0.3 is 0 Å². The molecule has 33 heavy (non-hydrogen) atoms. The third kappa shape index (κ3) is 5.67. The molecule has 7 nitrogen and oxygen atoms in total. The first kappa shape index (κ1) is 24.0. The summed E-state index contributed by atoms with van der Waals surface area (Å²) in [6.07, 6.45) is 3.19. The molecule has 4 rings (SSSR count). The van der Waals surface area contributed by atoms with Crippen LogP contribution >= 0.6 is 0 Å². The largest absolute Gasteiger partial charge is 0.379 e. The zero-order chi connectivity index (χ0) is 23.5. The van der Waals surface area contributed by atoms with Crippen molar-refractivity contribution in [3.63, 3.8) is 0 Å². The maximum absolute atomic E-state index is 14.0. The Morgan fingerprint density at radius 2 is 1.70 bits per heavy atom. The van der Waals surface area contributed by atoms with E-state index < -0.39 is 23.5 Å². The van der Waals surface area contributed by atoms with E-state index in [0.717, 1.165) is 18.9 Å². The second-order valence-electron chi connectivity index (χ2n) is 9.31. The van der Waals surface area contributed by atoms with Gasteiger partial charge in [0.15, 0.2) is 11.6 Å². The molecule has 0 aliphatic carbocycles. The van der Waals surface area contributed by atoms with Crippen molar-refractivity contribution in [3.05, 3.63) is 35.1 Å². The summed E-state index contributed by atoms with van der Waals surface area (Å²) in [5.74, 6) is -3.33. The van der Waals surface area contributed by atoms with Gasteiger partial charge in [-0.15, -0.1) is 0 Å². The van der Waals surface area contributed by atoms with Crippen LogP contribution in [-0.2, 0) is 20.7 Å². The number of carbonyl (C=O) groups excluding carboxylic acids is 2. The molecular weight excluding hydrogens is 437 g/mol. The van der Waals surface area contributed by atoms with Crippen molar-refractivity contribution in [2.24, 2.45) is 11.7 Å². The molecule has 2 amide bonds. The molecule has 3 heterocycles. The molecular formula is C23H31F3N4O3. The Morgan fingerprint density at radius 1 is 1.06 bits per heavy atom. The zero-order valence-electron chi connectivity index (χ0n) is 18.6. The fourth-order valence-electron chi connectivity index (χ4n) is 5.40. The molecule has 0 radical (unpaired) electrons. The van der Waals surface area contributed by atoms with Crippen LogP contribution in [0.25, 0.3) is 0 Å². The summed E-state index contributed by atoms with van der Waals surface area (Å²) >= 11 is 0. The Morgan fingerprint density at radius 3 is 2.36 bits per heavy atom. The number of halogens is 3. The average molecular weight is 469 g/mol. The highest BCUT2D eigenvalue weighted by Crippen LogP contribution is 2.40. The van der Waals surface area contributed by atoms with Crippen LogP contribution in [0.3, 0.4) is 0 Å². The summed E-state index contributed by atoms with van der Waals surface area (Å²) in [7, 11) is 0. The smallest absolute Gasteiger partial charge is 0.242 e. The molecule has 1 aromatic rings. The Balaban J connectivity index is 1.28. The van der Waals surface area contributed by atoms with Crippen molar-refractivity contribution in [3.8, 4) is 0 Å². The Kier molecular flexibility index (Phi) is 7.55. The summed E-state index contributed by atoms with van der Waals surface area (Å²) in [6.45, 7) is 2.83. The van der Waals surface area contributed by atoms with Crippen LogP contribution in [0, 0.1) is 23.4 Å². The number of morpholine rings is 1. The van der Waals surface area contributed by atoms with E-state index in [0.29, 0.717) is 45.2 Å². The maximum atomic E-state index is 14.0. The van der Waals surface area contributed by atoms with E-state index in [1.165, 1.54) is 0 Å². The van der Waals surface area contributed by atoms with Gasteiger partial charge in [-0.1, -0.05) is 0 Å². The SMILES string of the molecule is N[C@H](Cc1cc(F)c(F)cc1F)[C@H]1C[C@H]2CC[C@@H](C1)N2C(=O)CNC(=O)CN1CCOCC1. The lowest BCUT2D eigenvalue weighted by Crippen LogP contribution is -2.53. The molecule has 3 saturated heterocycles. The first-order valence-corrected chi connectivity index (χ1v) is 11.6. The van der Waals surface area contributed by atoms with Gasteiger partial charge in [-0.05, 0) is 49.7 Å². The summed E-state index contributed by atoms with van der Waals surface area (Å²) in [5, 5.41) is 2.73. The first-order chi connectivity index (χ1) is 15.8. The molecule has 0 spiro atoms. The fourth-order valence-corrected chi connectivity index (χ4v) is 5.40. The highest BCUT2D eigenvalue weighted by atomic mass is 19.2. The molecule has 3 aliphatic rings. The van der Waals surface area contributed by atoms with E-state index in [4.69, 9.17) is 10.5 Å². The number of ether oxygens (including phenoxy) is 1. The van der Waals surface area contributed by atoms with E-state index in [-0.39, 0.29) is 54.9 Å². The predicted molar refractivity (Wildman–Crippen MR) is 115 cm³/mol. The predicted octanol–water partition coefficient (Wildman–Crippen LogP) is 1.19. The van der Waals surface area contributed by atoms with Gasteiger partial charge in [0.05, 0.1) is 26.3 Å². The lowest BCUT2D eigenvalue weighted by Gasteiger charge is -2.41. The molecule has 3 aliphatic heterocycles. The van der Waals surface area contributed by atoms with E-state index in [9.17, 15) is 22.8 Å². The molecule has 1 aromatic carbocycles. The van der Waals surface area contributed by atoms with Crippen molar-refractivity contribution >= 4 is 11.8 Å². The zero-order valence-corrected chi connectivity index (χ0v) is 18.6. The van der Waals surface area contributed by atoms with Crippen molar-refractivity contribution in [1.29, 1.82) is 0 Å². The van der Waals surface area contributed by atoms with Crippen molar-refractivity contribution < 1.29 is 27.5 Å². The van der Waals surface area contributed by atoms with Crippen LogP contribution < -0.4 is 11.1 Å². The normalized spacial score (nSPS) is 26.3. The number of hydrogen-bond donors (Lipinski definition) is 2. The minimum atomic E-state index is -1.22. The van der Waals surface area contributed by atoms with Crippen LogP contribution in [-0.4, -0.2) is 79.1 Å². The molecule has 0 unspecified atom stereocenters. The highest BCUT2D eigenvalue weighted by Gasteiger charge is 2.44. The Labute approximate surface area is 191 Å². The Hall–Kier alpha value is -2.17. The van der Waals surface area contributed by atoms with Gasteiger partial charge in [0.2, 0.25) is 11.8 Å². The van der Waals surface area contributed by atoms with Crippen LogP contribution in [0.15, 0.2) is 12.1 Å². The molecule has 0 saturated carbocycles. The number of piperidine rings is 1. The summed E-state index contributed by atoms with van der Waals surface area (Å²) in [6, 6.07) is 1.06. The number of amides is 2. The monoisotopic (exact) mass is 468 g/mol. The van der Waals surface area contributed by atoms with Crippen LogP contribution in [0.4, 0.5) is 13.2 Å². The van der Waals surface area contributed by atoms with Crippen LogP contribution in [0.5, 0.6) is 0 Å². The number of carbonyl (C=O) groups is 2. The minimum absolute atomic E-state index is 0.0262. The van der Waals surface area contributed by atoms with E-state index in [1.54, 1.807) is 0 Å². The number of nitrogens with one attached hydrogen (secondary N) is 1. The van der Waals surface area contributed by atoms with Crippen LogP contribution in [0.1, 0.15) is 31.2 Å². The Bertz CT molecular complexity index is 867. The molecule has 0 aromatic heterocycles. The third-order valence-electron chi connectivity index (χ3n) is 7.12. The first-order valence-electron chi connectivity index (χ1n) is 11.6. The van der Waals surface area contributed by atoms with Gasteiger partial charge in [0, 0.05) is 37.3 Å². The van der Waals surface area contributed by atoms with Gasteiger partial charge in [-0.3, -0.25) is 14.5 Å². The quantitative estimate of drug-likeness (QED) is 0.587. The van der Waals surface area contributed by atoms with Gasteiger partial charge in [-0.2, -0.15) is 0 Å². The molecule has 3 N–H and O–H groups in total. The number of nitrogens with two attached hydrogens (primary N) is 1. The topological polar surface area (TPSA) is 87.9 Å². The van der Waals surface area contributed by atoms with Crippen molar-refractivity contribution in [2.45, 2.75) is 50.2 Å². The lowest BCUT2D eigenvalue weighted by atomic mass is 9.82. The molecule has 4 atom stereocenters.